The van der Waals surface area contributed by atoms with Gasteiger partial charge in [0.1, 0.15) is 0 Å². The molecule has 0 unspecified atom stereocenters. The second-order valence-electron chi connectivity index (χ2n) is 1.65. The second kappa shape index (κ2) is 2.96. The van der Waals surface area contributed by atoms with E-state index in [-0.39, 0.29) is 0 Å². The van der Waals surface area contributed by atoms with Gasteiger partial charge in [-0.05, 0) is 0 Å². The van der Waals surface area contributed by atoms with Crippen LogP contribution in [0.2, 0.25) is 0 Å². The van der Waals surface area contributed by atoms with Crippen LogP contribution in [-0.2, 0) is 0 Å². The molecule has 2 N–H and O–H groups in total. The number of anilines is 1. The van der Waals surface area contributed by atoms with Gasteiger partial charge in [-0.25, -0.2) is 0 Å². The first-order valence-electron chi connectivity index (χ1n) is 2.70. The fraction of sp³-hybridized carbons (Fsp3) is 0. The maximum absolute atomic E-state index is 10.0. The summed E-state index contributed by atoms with van der Waals surface area (Å²) in [7, 11) is 0. The number of nitrogens with zero attached hydrogens (tertiary/aromatic N) is 1. The number of nitrogens with one attached hydrogen (secondary N) is 1. The summed E-state index contributed by atoms with van der Waals surface area (Å²) in [5, 5.41) is 10.3. The molecule has 50 valence electrons. The van der Waals surface area contributed by atoms with Crippen molar-refractivity contribution in [3.8, 4) is 0 Å². The third kappa shape index (κ3) is 1.85. The van der Waals surface area contributed by atoms with Crippen molar-refractivity contribution in [3.05, 3.63) is 18.2 Å². The van der Waals surface area contributed by atoms with E-state index in [9.17, 15) is 4.79 Å². The minimum absolute atomic E-state index is 0.343. The summed E-state index contributed by atoms with van der Waals surface area (Å²) in [4.78, 5) is 13.7. The van der Waals surface area contributed by atoms with E-state index < -0.39 is 6.09 Å². The van der Waals surface area contributed by atoms with Crippen LogP contribution in [0, 0.1) is 0 Å². The quantitative estimate of drug-likeness (QED) is 0.591. The molecule has 1 heterocycles. The van der Waals surface area contributed by atoms with Crippen LogP contribution in [0.4, 0.5) is 10.5 Å². The van der Waals surface area contributed by atoms with Crippen molar-refractivity contribution >= 4 is 18.7 Å². The Morgan fingerprint density at radius 2 is 2.60 bits per heavy atom. The Morgan fingerprint density at radius 1 is 1.80 bits per heavy atom. The van der Waals surface area contributed by atoms with Crippen LogP contribution in [0.25, 0.3) is 0 Å². The van der Waals surface area contributed by atoms with E-state index >= 15 is 0 Å². The van der Waals surface area contributed by atoms with Crippen molar-refractivity contribution in [2.24, 2.45) is 0 Å². The van der Waals surface area contributed by atoms with E-state index in [1.165, 1.54) is 6.20 Å². The third-order valence-electron chi connectivity index (χ3n) is 0.900. The second-order valence-corrected chi connectivity index (χ2v) is 1.65. The summed E-state index contributed by atoms with van der Waals surface area (Å²) in [5.74, 6) is 1.71. The van der Waals surface area contributed by atoms with Crippen molar-refractivity contribution in [3.63, 3.8) is 0 Å². The normalized spacial score (nSPS) is 8.40. The zero-order chi connectivity index (χ0) is 7.40. The number of aromatic nitrogens is 1. The molecule has 0 aliphatic rings. The van der Waals surface area contributed by atoms with Crippen LogP contribution in [0.3, 0.4) is 0 Å². The number of amides is 1. The summed E-state index contributed by atoms with van der Waals surface area (Å²) in [6.07, 6.45) is 0.421. The number of hydrogen-bond donors (Lipinski definition) is 2. The maximum atomic E-state index is 10.0. The Balaban J connectivity index is 2.67. The average molecular weight is 136 g/mol. The summed E-state index contributed by atoms with van der Waals surface area (Å²) >= 11 is 0. The molecular formula is C5H5BN2O2. The molecule has 1 amide bonds. The third-order valence-corrected chi connectivity index (χ3v) is 0.900. The van der Waals surface area contributed by atoms with Crippen LogP contribution in [0.1, 0.15) is 0 Å². The van der Waals surface area contributed by atoms with Crippen molar-refractivity contribution in [1.82, 2.24) is 4.98 Å². The van der Waals surface area contributed by atoms with Crippen LogP contribution in [0.5, 0.6) is 0 Å². The average Bonchev–Trinajstić information content (AvgIpc) is 1.88. The fourth-order valence-electron chi connectivity index (χ4n) is 0.546. The molecule has 0 fully saturated rings. The van der Waals surface area contributed by atoms with Gasteiger partial charge in [-0.15, -0.1) is 0 Å². The molecule has 0 saturated heterocycles. The Bertz CT molecular complexity index is 226. The predicted octanol–water partition coefficient (Wildman–Crippen LogP) is 0.510. The Morgan fingerprint density at radius 3 is 3.10 bits per heavy atom. The van der Waals surface area contributed by atoms with Gasteiger partial charge in [0.05, 0.1) is 0 Å². The van der Waals surface area contributed by atoms with Crippen LogP contribution in [0.15, 0.2) is 18.2 Å². The van der Waals surface area contributed by atoms with Crippen molar-refractivity contribution < 1.29 is 9.90 Å². The molecule has 0 saturated carbocycles. The summed E-state index contributed by atoms with van der Waals surface area (Å²) in [6.45, 7) is 1.58. The van der Waals surface area contributed by atoms with Crippen molar-refractivity contribution in [2.75, 3.05) is 5.32 Å². The summed E-state index contributed by atoms with van der Waals surface area (Å²) in [5.41, 5.74) is 0.343. The van der Waals surface area contributed by atoms with E-state index in [0.717, 1.165) is 0 Å². The molecule has 0 spiro atoms. The topological polar surface area (TPSA) is 62.2 Å². The molecule has 1 aromatic rings. The first-order valence-corrected chi connectivity index (χ1v) is 2.70. The molecule has 0 atom stereocenters. The monoisotopic (exact) mass is 136 g/mol. The molecular weight excluding hydrogens is 131 g/mol. The van der Waals surface area contributed by atoms with Gasteiger partial charge in [-0.1, -0.05) is 0 Å². The van der Waals surface area contributed by atoms with Gasteiger partial charge in [0.2, 0.25) is 0 Å². The molecule has 1 rings (SSSR count). The van der Waals surface area contributed by atoms with Gasteiger partial charge in [-0.2, -0.15) is 0 Å². The standard InChI is InChI=1S/C5H5BN2O2/c9-5(10)8-4-6-2-1-3-7-4/h1-3H,(H,7,8)(H,9,10). The Kier molecular flexibility index (Phi) is 1.99. The van der Waals surface area contributed by atoms with Gasteiger partial charge in [0.25, 0.3) is 0 Å². The molecule has 0 bridgehead atoms. The zero-order valence-electron chi connectivity index (χ0n) is 5.11. The SMILES string of the molecule is O=C(O)Nc1bcccn1. The summed E-state index contributed by atoms with van der Waals surface area (Å²) in [6, 6.07) is 1.72. The summed E-state index contributed by atoms with van der Waals surface area (Å²) < 4.78 is 0. The van der Waals surface area contributed by atoms with Gasteiger partial charge in [-0.3, -0.25) is 0 Å². The molecule has 4 nitrogen and oxygen atoms in total. The van der Waals surface area contributed by atoms with Crippen LogP contribution >= 0.6 is 0 Å². The van der Waals surface area contributed by atoms with Gasteiger partial charge in [0, 0.05) is 0 Å². The van der Waals surface area contributed by atoms with E-state index in [4.69, 9.17) is 5.11 Å². The Labute approximate surface area is 58.1 Å². The molecule has 1 aromatic heterocycles. The van der Waals surface area contributed by atoms with Crippen molar-refractivity contribution in [1.29, 1.82) is 0 Å². The van der Waals surface area contributed by atoms with E-state index in [2.05, 4.69) is 10.3 Å². The molecule has 0 aromatic carbocycles. The van der Waals surface area contributed by atoms with E-state index in [1.54, 1.807) is 18.9 Å². The first-order chi connectivity index (χ1) is 4.79. The number of carbonyl (C=O) groups is 1. The molecule has 0 aliphatic carbocycles. The van der Waals surface area contributed by atoms with E-state index in [0.29, 0.717) is 5.71 Å². The number of hydrogen-bond acceptors (Lipinski definition) is 2. The van der Waals surface area contributed by atoms with Gasteiger partial charge >= 0.3 is 57.1 Å². The van der Waals surface area contributed by atoms with Crippen molar-refractivity contribution in [2.45, 2.75) is 0 Å². The van der Waals surface area contributed by atoms with Crippen LogP contribution in [-0.4, -0.2) is 23.1 Å². The predicted molar refractivity (Wildman–Crippen MR) is 37.2 cm³/mol. The molecule has 10 heavy (non-hydrogen) atoms. The molecule has 0 aliphatic heterocycles. The first kappa shape index (κ1) is 6.73. The van der Waals surface area contributed by atoms with E-state index in [1.807, 2.05) is 0 Å². The zero-order valence-corrected chi connectivity index (χ0v) is 5.11. The number of rotatable bonds is 1. The fourth-order valence-corrected chi connectivity index (χ4v) is 0.546. The number of carboxylic acid groups (broad SMARTS) is 1. The van der Waals surface area contributed by atoms with Gasteiger partial charge < -0.3 is 0 Å². The van der Waals surface area contributed by atoms with Gasteiger partial charge in [0.15, 0.2) is 0 Å². The minimum atomic E-state index is -1.10. The molecule has 0 radical (unpaired) electrons. The Hall–Kier alpha value is -1.39. The molecule has 5 heteroatoms. The van der Waals surface area contributed by atoms with Crippen LogP contribution < -0.4 is 5.32 Å².